The summed E-state index contributed by atoms with van der Waals surface area (Å²) in [5.41, 5.74) is 0. The minimum Gasteiger partial charge on any atom is -0.395 e. The number of aliphatic hydroxyl groups is 2. The topological polar surface area (TPSA) is 43.7 Å². The highest BCUT2D eigenvalue weighted by Crippen LogP contribution is 2.31. The summed E-state index contributed by atoms with van der Waals surface area (Å²) in [4.78, 5) is 2.12. The molecule has 0 spiro atoms. The lowest BCUT2D eigenvalue weighted by Gasteiger charge is -2.35. The third kappa shape index (κ3) is 4.09. The highest BCUT2D eigenvalue weighted by Gasteiger charge is 2.28. The molecule has 3 nitrogen and oxygen atoms in total. The second kappa shape index (κ2) is 6.46. The fourth-order valence-electron chi connectivity index (χ4n) is 2.57. The van der Waals surface area contributed by atoms with Gasteiger partial charge in [-0.15, -0.1) is 0 Å². The summed E-state index contributed by atoms with van der Waals surface area (Å²) < 4.78 is 0. The van der Waals surface area contributed by atoms with E-state index in [1.807, 2.05) is 7.05 Å². The van der Waals surface area contributed by atoms with E-state index in [9.17, 15) is 5.11 Å². The summed E-state index contributed by atoms with van der Waals surface area (Å²) in [6.07, 6.45) is 4.38. The molecular formula is C12H25NO2. The van der Waals surface area contributed by atoms with E-state index in [2.05, 4.69) is 11.8 Å². The standard InChI is InChI=1S/C12H25NO2/c1-3-10-4-5-12(15)11(8-10)9-13(2)6-7-14/h10-12,14-15H,3-9H2,1-2H3. The molecule has 0 bridgehead atoms. The van der Waals surface area contributed by atoms with E-state index in [4.69, 9.17) is 5.11 Å². The van der Waals surface area contributed by atoms with E-state index in [0.29, 0.717) is 12.5 Å². The fraction of sp³-hybridized carbons (Fsp3) is 1.00. The van der Waals surface area contributed by atoms with Crippen LogP contribution < -0.4 is 0 Å². The highest BCUT2D eigenvalue weighted by atomic mass is 16.3. The molecule has 0 aromatic rings. The van der Waals surface area contributed by atoms with Gasteiger partial charge in [-0.1, -0.05) is 13.3 Å². The molecule has 1 saturated carbocycles. The molecule has 0 aromatic heterocycles. The maximum atomic E-state index is 9.91. The maximum absolute atomic E-state index is 9.91. The average Bonchev–Trinajstić information content (AvgIpc) is 2.21. The molecule has 1 aliphatic rings. The van der Waals surface area contributed by atoms with Gasteiger partial charge in [-0.05, 0) is 38.1 Å². The van der Waals surface area contributed by atoms with Crippen molar-refractivity contribution in [1.82, 2.24) is 4.90 Å². The summed E-state index contributed by atoms with van der Waals surface area (Å²) in [5.74, 6) is 1.20. The van der Waals surface area contributed by atoms with Crippen molar-refractivity contribution in [3.63, 3.8) is 0 Å². The summed E-state index contributed by atoms with van der Waals surface area (Å²) in [5, 5.41) is 18.7. The Hall–Kier alpha value is -0.120. The number of hydrogen-bond donors (Lipinski definition) is 2. The van der Waals surface area contributed by atoms with Crippen LogP contribution in [0.2, 0.25) is 0 Å². The number of hydrogen-bond acceptors (Lipinski definition) is 3. The monoisotopic (exact) mass is 215 g/mol. The Morgan fingerprint density at radius 3 is 2.67 bits per heavy atom. The van der Waals surface area contributed by atoms with Gasteiger partial charge < -0.3 is 15.1 Å². The molecular weight excluding hydrogens is 190 g/mol. The second-order valence-electron chi connectivity index (χ2n) is 4.90. The Balaban J connectivity index is 2.36. The lowest BCUT2D eigenvalue weighted by Crippen LogP contribution is -2.38. The summed E-state index contributed by atoms with van der Waals surface area (Å²) >= 11 is 0. The Kier molecular flexibility index (Phi) is 5.58. The maximum Gasteiger partial charge on any atom is 0.0580 e. The average molecular weight is 215 g/mol. The second-order valence-corrected chi connectivity index (χ2v) is 4.90. The van der Waals surface area contributed by atoms with Crippen molar-refractivity contribution < 1.29 is 10.2 Å². The van der Waals surface area contributed by atoms with Crippen molar-refractivity contribution in [3.8, 4) is 0 Å². The summed E-state index contributed by atoms with van der Waals surface area (Å²) in [6.45, 7) is 4.06. The van der Waals surface area contributed by atoms with Crippen LogP contribution in [-0.4, -0.2) is 48.0 Å². The van der Waals surface area contributed by atoms with Gasteiger partial charge >= 0.3 is 0 Å². The molecule has 0 radical (unpaired) electrons. The van der Waals surface area contributed by atoms with Crippen LogP contribution in [0.5, 0.6) is 0 Å². The molecule has 0 heterocycles. The van der Waals surface area contributed by atoms with Crippen molar-refractivity contribution in [2.45, 2.75) is 38.7 Å². The van der Waals surface area contributed by atoms with Gasteiger partial charge in [0.1, 0.15) is 0 Å². The van der Waals surface area contributed by atoms with Gasteiger partial charge in [0.2, 0.25) is 0 Å². The van der Waals surface area contributed by atoms with Gasteiger partial charge in [-0.2, -0.15) is 0 Å². The third-order valence-electron chi connectivity index (χ3n) is 3.66. The van der Waals surface area contributed by atoms with E-state index < -0.39 is 0 Å². The van der Waals surface area contributed by atoms with Crippen LogP contribution in [0.25, 0.3) is 0 Å². The third-order valence-corrected chi connectivity index (χ3v) is 3.66. The first-order chi connectivity index (χ1) is 7.17. The first kappa shape index (κ1) is 12.9. The van der Waals surface area contributed by atoms with Gasteiger partial charge in [0.05, 0.1) is 12.7 Å². The van der Waals surface area contributed by atoms with Crippen LogP contribution in [0, 0.1) is 11.8 Å². The van der Waals surface area contributed by atoms with Gasteiger partial charge in [-0.25, -0.2) is 0 Å². The van der Waals surface area contributed by atoms with Crippen LogP contribution in [0.4, 0.5) is 0 Å². The molecule has 0 aromatic carbocycles. The van der Waals surface area contributed by atoms with Crippen LogP contribution in [-0.2, 0) is 0 Å². The molecule has 90 valence electrons. The number of aliphatic hydroxyl groups excluding tert-OH is 2. The van der Waals surface area contributed by atoms with Crippen molar-refractivity contribution in [1.29, 1.82) is 0 Å². The van der Waals surface area contributed by atoms with E-state index in [1.54, 1.807) is 0 Å². The quantitative estimate of drug-likeness (QED) is 0.722. The predicted molar refractivity (Wildman–Crippen MR) is 61.7 cm³/mol. The lowest BCUT2D eigenvalue weighted by atomic mass is 9.78. The highest BCUT2D eigenvalue weighted by molar-refractivity contribution is 4.81. The molecule has 1 aliphatic carbocycles. The number of nitrogens with zero attached hydrogens (tertiary/aromatic N) is 1. The molecule has 0 aliphatic heterocycles. The van der Waals surface area contributed by atoms with Crippen LogP contribution in [0.15, 0.2) is 0 Å². The minimum absolute atomic E-state index is 0.131. The predicted octanol–water partition coefficient (Wildman–Crippen LogP) is 1.10. The summed E-state index contributed by atoms with van der Waals surface area (Å²) in [6, 6.07) is 0. The van der Waals surface area contributed by atoms with Crippen LogP contribution in [0.1, 0.15) is 32.6 Å². The molecule has 3 heteroatoms. The number of rotatable bonds is 5. The Morgan fingerprint density at radius 1 is 1.33 bits per heavy atom. The molecule has 0 saturated heterocycles. The van der Waals surface area contributed by atoms with Crippen LogP contribution in [0.3, 0.4) is 0 Å². The Bertz CT molecular complexity index is 175. The van der Waals surface area contributed by atoms with Gasteiger partial charge in [0.25, 0.3) is 0 Å². The largest absolute Gasteiger partial charge is 0.395 e. The fourth-order valence-corrected chi connectivity index (χ4v) is 2.57. The normalized spacial score (nSPS) is 32.2. The van der Waals surface area contributed by atoms with E-state index in [-0.39, 0.29) is 12.7 Å². The molecule has 1 rings (SSSR count). The van der Waals surface area contributed by atoms with Crippen molar-refractivity contribution >= 4 is 0 Å². The molecule has 15 heavy (non-hydrogen) atoms. The first-order valence-corrected chi connectivity index (χ1v) is 6.14. The van der Waals surface area contributed by atoms with E-state index in [0.717, 1.165) is 25.3 Å². The SMILES string of the molecule is CCC1CCC(O)C(CN(C)CCO)C1. The zero-order valence-electron chi connectivity index (χ0n) is 10.0. The van der Waals surface area contributed by atoms with Gasteiger partial charge in [-0.3, -0.25) is 0 Å². The Labute approximate surface area is 93.1 Å². The van der Waals surface area contributed by atoms with Crippen molar-refractivity contribution in [2.75, 3.05) is 26.7 Å². The smallest absolute Gasteiger partial charge is 0.0580 e. The first-order valence-electron chi connectivity index (χ1n) is 6.14. The molecule has 3 unspecified atom stereocenters. The molecule has 0 amide bonds. The molecule has 2 N–H and O–H groups in total. The number of likely N-dealkylation sites (N-methyl/N-ethyl adjacent to an activating group) is 1. The molecule has 3 atom stereocenters. The minimum atomic E-state index is -0.131. The molecule has 1 fully saturated rings. The lowest BCUT2D eigenvalue weighted by molar-refractivity contribution is 0.0287. The van der Waals surface area contributed by atoms with Gasteiger partial charge in [0.15, 0.2) is 0 Å². The van der Waals surface area contributed by atoms with Crippen molar-refractivity contribution in [2.24, 2.45) is 11.8 Å². The van der Waals surface area contributed by atoms with Gasteiger partial charge in [0, 0.05) is 13.1 Å². The summed E-state index contributed by atoms with van der Waals surface area (Å²) in [7, 11) is 2.01. The Morgan fingerprint density at radius 2 is 2.07 bits per heavy atom. The zero-order chi connectivity index (χ0) is 11.3. The van der Waals surface area contributed by atoms with E-state index in [1.165, 1.54) is 12.8 Å². The van der Waals surface area contributed by atoms with E-state index >= 15 is 0 Å². The van der Waals surface area contributed by atoms with Crippen molar-refractivity contribution in [3.05, 3.63) is 0 Å². The van der Waals surface area contributed by atoms with Crippen LogP contribution >= 0.6 is 0 Å². The zero-order valence-corrected chi connectivity index (χ0v) is 10.0.